The van der Waals surface area contributed by atoms with E-state index in [2.05, 4.69) is 4.98 Å². The minimum Gasteiger partial charge on any atom is -0.477 e. The highest BCUT2D eigenvalue weighted by Gasteiger charge is 2.15. The van der Waals surface area contributed by atoms with Crippen molar-refractivity contribution in [1.29, 1.82) is 0 Å². The minimum absolute atomic E-state index is 0.189. The van der Waals surface area contributed by atoms with Crippen LogP contribution in [0.4, 0.5) is 0 Å². The first-order chi connectivity index (χ1) is 8.06. The third-order valence-corrected chi connectivity index (χ3v) is 3.27. The van der Waals surface area contributed by atoms with Gasteiger partial charge in [0.2, 0.25) is 0 Å². The van der Waals surface area contributed by atoms with Crippen LogP contribution in [0.15, 0.2) is 24.3 Å². The third-order valence-electron chi connectivity index (χ3n) is 1.99. The second-order valence-corrected chi connectivity index (χ2v) is 4.65. The fraction of sp³-hybridized carbons (Fsp3) is 0.0909. The maximum Gasteiger partial charge on any atom is 0.347 e. The first kappa shape index (κ1) is 11.9. The van der Waals surface area contributed by atoms with Crippen molar-refractivity contribution in [1.82, 2.24) is 4.98 Å². The number of halogens is 1. The Morgan fingerprint density at radius 3 is 2.59 bits per heavy atom. The monoisotopic (exact) mass is 269 g/mol. The smallest absolute Gasteiger partial charge is 0.347 e. The normalized spacial score (nSPS) is 10.2. The molecule has 1 N–H and O–H groups in total. The van der Waals surface area contributed by atoms with Gasteiger partial charge in [0.15, 0.2) is 0 Å². The van der Waals surface area contributed by atoms with Crippen molar-refractivity contribution in [2.75, 3.05) is 0 Å². The highest BCUT2D eigenvalue weighted by Crippen LogP contribution is 2.29. The van der Waals surface area contributed by atoms with Gasteiger partial charge in [0.05, 0.1) is 5.69 Å². The van der Waals surface area contributed by atoms with Crippen LogP contribution in [0, 0.1) is 6.92 Å². The summed E-state index contributed by atoms with van der Waals surface area (Å²) in [5.74, 6) is -0.425. The van der Waals surface area contributed by atoms with Crippen LogP contribution < -0.4 is 4.74 Å². The van der Waals surface area contributed by atoms with Crippen LogP contribution >= 0.6 is 22.9 Å². The fourth-order valence-corrected chi connectivity index (χ4v) is 2.12. The lowest BCUT2D eigenvalue weighted by Crippen LogP contribution is -1.94. The Labute approximate surface area is 106 Å². The molecule has 1 aromatic carbocycles. The lowest BCUT2D eigenvalue weighted by Gasteiger charge is -2.00. The van der Waals surface area contributed by atoms with Crippen molar-refractivity contribution < 1.29 is 14.6 Å². The van der Waals surface area contributed by atoms with E-state index in [4.69, 9.17) is 21.4 Å². The molecule has 0 radical (unpaired) electrons. The Hall–Kier alpha value is -1.59. The Morgan fingerprint density at radius 1 is 1.41 bits per heavy atom. The van der Waals surface area contributed by atoms with Gasteiger partial charge in [0, 0.05) is 5.02 Å². The number of aryl methyl sites for hydroxylation is 1. The molecule has 0 aliphatic carbocycles. The predicted molar refractivity (Wildman–Crippen MR) is 65.3 cm³/mol. The van der Waals surface area contributed by atoms with Gasteiger partial charge in [-0.2, -0.15) is 0 Å². The second-order valence-electron chi connectivity index (χ2n) is 3.26. The Bertz CT molecular complexity index is 550. The molecule has 17 heavy (non-hydrogen) atoms. The van der Waals surface area contributed by atoms with E-state index in [0.717, 1.165) is 11.3 Å². The molecule has 0 aliphatic heterocycles. The molecule has 0 unspecified atom stereocenters. The number of thiazole rings is 1. The summed E-state index contributed by atoms with van der Waals surface area (Å²) < 4.78 is 5.43. The number of hydrogen-bond acceptors (Lipinski definition) is 4. The SMILES string of the molecule is Cc1nc(Oc2ccc(Cl)cc2)sc1C(=O)O. The van der Waals surface area contributed by atoms with E-state index in [1.165, 1.54) is 0 Å². The number of aromatic nitrogens is 1. The molecule has 0 atom stereocenters. The zero-order valence-corrected chi connectivity index (χ0v) is 10.4. The van der Waals surface area contributed by atoms with Gasteiger partial charge in [0.1, 0.15) is 10.6 Å². The van der Waals surface area contributed by atoms with Crippen LogP contribution in [0.1, 0.15) is 15.4 Å². The molecule has 6 heteroatoms. The molecule has 0 bridgehead atoms. The maximum absolute atomic E-state index is 10.8. The number of carboxylic acids is 1. The van der Waals surface area contributed by atoms with Gasteiger partial charge in [0.25, 0.3) is 5.19 Å². The van der Waals surface area contributed by atoms with Crippen molar-refractivity contribution >= 4 is 28.9 Å². The van der Waals surface area contributed by atoms with E-state index in [1.807, 2.05) is 0 Å². The van der Waals surface area contributed by atoms with Crippen molar-refractivity contribution in [3.63, 3.8) is 0 Å². The largest absolute Gasteiger partial charge is 0.477 e. The number of aromatic carboxylic acids is 1. The average Bonchev–Trinajstić information content (AvgIpc) is 2.63. The van der Waals surface area contributed by atoms with Crippen LogP contribution in [-0.4, -0.2) is 16.1 Å². The van der Waals surface area contributed by atoms with E-state index in [9.17, 15) is 4.79 Å². The lowest BCUT2D eigenvalue weighted by molar-refractivity contribution is 0.0701. The van der Waals surface area contributed by atoms with Gasteiger partial charge in [-0.15, -0.1) is 0 Å². The van der Waals surface area contributed by atoms with E-state index in [0.29, 0.717) is 21.7 Å². The van der Waals surface area contributed by atoms with Gasteiger partial charge < -0.3 is 9.84 Å². The molecule has 1 aromatic heterocycles. The highest BCUT2D eigenvalue weighted by molar-refractivity contribution is 7.15. The zero-order valence-electron chi connectivity index (χ0n) is 8.81. The number of carbonyl (C=O) groups is 1. The number of benzene rings is 1. The topological polar surface area (TPSA) is 59.4 Å². The van der Waals surface area contributed by atoms with Gasteiger partial charge in [-0.25, -0.2) is 9.78 Å². The molecule has 0 saturated heterocycles. The maximum atomic E-state index is 10.8. The van der Waals surface area contributed by atoms with Crippen LogP contribution in [0.3, 0.4) is 0 Å². The number of ether oxygens (including phenoxy) is 1. The Morgan fingerprint density at radius 2 is 2.06 bits per heavy atom. The summed E-state index contributed by atoms with van der Waals surface area (Å²) in [5.41, 5.74) is 0.450. The minimum atomic E-state index is -0.994. The molecular formula is C11H8ClNO3S. The number of nitrogens with zero attached hydrogens (tertiary/aromatic N) is 1. The summed E-state index contributed by atoms with van der Waals surface area (Å²) in [6.07, 6.45) is 0. The van der Waals surface area contributed by atoms with E-state index in [1.54, 1.807) is 31.2 Å². The molecule has 1 heterocycles. The summed E-state index contributed by atoms with van der Waals surface area (Å²) in [6.45, 7) is 1.63. The van der Waals surface area contributed by atoms with Gasteiger partial charge in [-0.3, -0.25) is 0 Å². The summed E-state index contributed by atoms with van der Waals surface area (Å²) in [7, 11) is 0. The number of carboxylic acid groups (broad SMARTS) is 1. The molecule has 0 amide bonds. The van der Waals surface area contributed by atoms with Crippen molar-refractivity contribution in [2.45, 2.75) is 6.92 Å². The zero-order chi connectivity index (χ0) is 12.4. The molecule has 0 fully saturated rings. The second kappa shape index (κ2) is 4.73. The number of hydrogen-bond donors (Lipinski definition) is 1. The molecule has 0 aliphatic rings. The molecule has 2 rings (SSSR count). The first-order valence-corrected chi connectivity index (χ1v) is 5.90. The Balaban J connectivity index is 2.22. The highest BCUT2D eigenvalue weighted by atomic mass is 35.5. The third kappa shape index (κ3) is 2.75. The van der Waals surface area contributed by atoms with E-state index < -0.39 is 5.97 Å². The van der Waals surface area contributed by atoms with E-state index in [-0.39, 0.29) is 4.88 Å². The van der Waals surface area contributed by atoms with Gasteiger partial charge >= 0.3 is 5.97 Å². The van der Waals surface area contributed by atoms with Crippen molar-refractivity contribution in [2.24, 2.45) is 0 Å². The van der Waals surface area contributed by atoms with Crippen LogP contribution in [-0.2, 0) is 0 Å². The molecule has 2 aromatic rings. The van der Waals surface area contributed by atoms with Crippen molar-refractivity contribution in [3.05, 3.63) is 39.9 Å². The molecular weight excluding hydrogens is 262 g/mol. The molecule has 0 saturated carbocycles. The first-order valence-electron chi connectivity index (χ1n) is 4.70. The lowest BCUT2D eigenvalue weighted by atomic mass is 10.3. The summed E-state index contributed by atoms with van der Waals surface area (Å²) >= 11 is 6.74. The standard InChI is InChI=1S/C11H8ClNO3S/c1-6-9(10(14)15)17-11(13-6)16-8-4-2-7(12)3-5-8/h2-5H,1H3,(H,14,15). The molecule has 4 nitrogen and oxygen atoms in total. The fourth-order valence-electron chi connectivity index (χ4n) is 1.22. The average molecular weight is 270 g/mol. The quantitative estimate of drug-likeness (QED) is 0.925. The van der Waals surface area contributed by atoms with Crippen LogP contribution in [0.25, 0.3) is 0 Å². The van der Waals surface area contributed by atoms with Gasteiger partial charge in [-0.1, -0.05) is 22.9 Å². The summed E-state index contributed by atoms with van der Waals surface area (Å²) in [5, 5.41) is 9.80. The van der Waals surface area contributed by atoms with Crippen molar-refractivity contribution in [3.8, 4) is 10.9 Å². The Kier molecular flexibility index (Phi) is 3.31. The van der Waals surface area contributed by atoms with Crippen LogP contribution in [0.2, 0.25) is 5.02 Å². The van der Waals surface area contributed by atoms with E-state index >= 15 is 0 Å². The van der Waals surface area contributed by atoms with Gasteiger partial charge in [-0.05, 0) is 31.2 Å². The predicted octanol–water partition coefficient (Wildman–Crippen LogP) is 3.60. The van der Waals surface area contributed by atoms with Crippen LogP contribution in [0.5, 0.6) is 10.9 Å². The summed E-state index contributed by atoms with van der Waals surface area (Å²) in [6, 6.07) is 6.77. The molecule has 88 valence electrons. The summed E-state index contributed by atoms with van der Waals surface area (Å²) in [4.78, 5) is 15.1. The molecule has 0 spiro atoms. The number of rotatable bonds is 3.